The number of primary sulfonamides is 1. The van der Waals surface area contributed by atoms with E-state index in [1.807, 2.05) is 0 Å². The molecule has 0 bridgehead atoms. The summed E-state index contributed by atoms with van der Waals surface area (Å²) in [7, 11) is -3.49. The lowest BCUT2D eigenvalue weighted by Gasteiger charge is -1.90. The topological polar surface area (TPSA) is 99.1 Å². The van der Waals surface area contributed by atoms with Gasteiger partial charge in [0.2, 0.25) is 10.0 Å². The molecule has 0 aliphatic rings. The maximum Gasteiger partial charge on any atom is 0.215 e. The molecule has 0 radical (unpaired) electrons. The third kappa shape index (κ3) is 2.43. The molecule has 1 aromatic heterocycles. The molecular formula is C5H9N3O2S2. The fourth-order valence-electron chi connectivity index (χ4n) is 0.699. The first-order valence-corrected chi connectivity index (χ1v) is 5.64. The Morgan fingerprint density at radius 3 is 2.50 bits per heavy atom. The van der Waals surface area contributed by atoms with Crippen molar-refractivity contribution >= 4 is 27.2 Å². The number of rotatable bonds is 2. The maximum atomic E-state index is 10.6. The smallest absolute Gasteiger partial charge is 0.215 e. The van der Waals surface area contributed by atoms with Gasteiger partial charge in [0.25, 0.3) is 0 Å². The minimum atomic E-state index is -3.49. The molecule has 1 heterocycles. The Morgan fingerprint density at radius 2 is 2.17 bits per heavy atom. The van der Waals surface area contributed by atoms with E-state index in [1.54, 1.807) is 6.92 Å². The van der Waals surface area contributed by atoms with Crippen LogP contribution in [0.1, 0.15) is 9.88 Å². The summed E-state index contributed by atoms with van der Waals surface area (Å²) in [5.74, 6) is 0.133. The van der Waals surface area contributed by atoms with Crippen LogP contribution in [0.25, 0.3) is 0 Å². The lowest BCUT2D eigenvalue weighted by atomic mass is 10.6. The number of nitrogen functional groups attached to an aromatic ring is 1. The third-order valence-corrected chi connectivity index (χ3v) is 3.05. The predicted octanol–water partition coefficient (Wildman–Crippen LogP) is -0.178. The highest BCUT2D eigenvalue weighted by Crippen LogP contribution is 2.19. The zero-order valence-electron chi connectivity index (χ0n) is 6.44. The van der Waals surface area contributed by atoms with Crippen LogP contribution >= 0.6 is 11.3 Å². The largest absolute Gasteiger partial charge is 0.383 e. The molecule has 68 valence electrons. The van der Waals surface area contributed by atoms with Crippen molar-refractivity contribution in [1.82, 2.24) is 4.98 Å². The first-order valence-electron chi connectivity index (χ1n) is 3.11. The molecule has 0 aromatic carbocycles. The Hall–Kier alpha value is -0.660. The second kappa shape index (κ2) is 3.00. The molecule has 1 rings (SSSR count). The summed E-state index contributed by atoms with van der Waals surface area (Å²) in [6, 6.07) is 0. The molecule has 0 aliphatic carbocycles. The van der Waals surface area contributed by atoms with Crippen LogP contribution in [0.4, 0.5) is 5.82 Å². The number of anilines is 1. The molecule has 0 saturated carbocycles. The molecule has 1 aromatic rings. The molecule has 0 spiro atoms. The van der Waals surface area contributed by atoms with Gasteiger partial charge in [-0.05, 0) is 6.92 Å². The SMILES string of the molecule is Cc1sc(CS(N)(=O)=O)nc1N. The summed E-state index contributed by atoms with van der Waals surface area (Å²) in [6.45, 7) is 1.78. The number of hydrogen-bond acceptors (Lipinski definition) is 5. The quantitative estimate of drug-likeness (QED) is 0.702. The highest BCUT2D eigenvalue weighted by Gasteiger charge is 2.10. The fourth-order valence-corrected chi connectivity index (χ4v) is 2.48. The second-order valence-electron chi connectivity index (χ2n) is 2.36. The van der Waals surface area contributed by atoms with Gasteiger partial charge in [0.05, 0.1) is 0 Å². The van der Waals surface area contributed by atoms with Crippen molar-refractivity contribution in [3.63, 3.8) is 0 Å². The van der Waals surface area contributed by atoms with Gasteiger partial charge >= 0.3 is 0 Å². The second-order valence-corrected chi connectivity index (χ2v) is 5.26. The number of nitrogens with two attached hydrogens (primary N) is 2. The van der Waals surface area contributed by atoms with Crippen LogP contribution in [0.5, 0.6) is 0 Å². The molecule has 12 heavy (non-hydrogen) atoms. The molecule has 7 heteroatoms. The van der Waals surface area contributed by atoms with Gasteiger partial charge in [-0.15, -0.1) is 11.3 Å². The van der Waals surface area contributed by atoms with Crippen LogP contribution < -0.4 is 10.9 Å². The Balaban J connectivity index is 2.92. The van der Waals surface area contributed by atoms with E-state index in [2.05, 4.69) is 4.98 Å². The van der Waals surface area contributed by atoms with Crippen LogP contribution in [0.3, 0.4) is 0 Å². The van der Waals surface area contributed by atoms with Crippen LogP contribution in [0.2, 0.25) is 0 Å². The highest BCUT2D eigenvalue weighted by molar-refractivity contribution is 7.88. The van der Waals surface area contributed by atoms with Crippen molar-refractivity contribution in [3.05, 3.63) is 9.88 Å². The van der Waals surface area contributed by atoms with Crippen LogP contribution in [0, 0.1) is 6.92 Å². The van der Waals surface area contributed by atoms with Gasteiger partial charge in [-0.2, -0.15) is 0 Å². The lowest BCUT2D eigenvalue weighted by molar-refractivity contribution is 0.597. The summed E-state index contributed by atoms with van der Waals surface area (Å²) in [5, 5.41) is 5.26. The summed E-state index contributed by atoms with van der Waals surface area (Å²) in [4.78, 5) is 4.65. The van der Waals surface area contributed by atoms with Crippen LogP contribution in [0.15, 0.2) is 0 Å². The van der Waals surface area contributed by atoms with Crippen molar-refractivity contribution < 1.29 is 8.42 Å². The van der Waals surface area contributed by atoms with E-state index < -0.39 is 10.0 Å². The van der Waals surface area contributed by atoms with Gasteiger partial charge < -0.3 is 5.73 Å². The van der Waals surface area contributed by atoms with E-state index in [9.17, 15) is 8.42 Å². The Bertz CT molecular complexity index is 362. The highest BCUT2D eigenvalue weighted by atomic mass is 32.2. The van der Waals surface area contributed by atoms with E-state index in [0.717, 1.165) is 4.88 Å². The summed E-state index contributed by atoms with van der Waals surface area (Å²) < 4.78 is 21.2. The molecule has 4 N–H and O–H groups in total. The van der Waals surface area contributed by atoms with Crippen molar-refractivity contribution in [2.75, 3.05) is 5.73 Å². The predicted molar refractivity (Wildman–Crippen MR) is 48.1 cm³/mol. The van der Waals surface area contributed by atoms with E-state index >= 15 is 0 Å². The molecular weight excluding hydrogens is 198 g/mol. The molecule has 0 amide bonds. The van der Waals surface area contributed by atoms with Crippen molar-refractivity contribution in [2.24, 2.45) is 5.14 Å². The van der Waals surface area contributed by atoms with Gasteiger partial charge in [0.15, 0.2) is 0 Å². The minimum Gasteiger partial charge on any atom is -0.383 e. The molecule has 5 nitrogen and oxygen atoms in total. The van der Waals surface area contributed by atoms with E-state index in [1.165, 1.54) is 11.3 Å². The zero-order chi connectivity index (χ0) is 9.35. The first-order chi connectivity index (χ1) is 5.38. The summed E-state index contributed by atoms with van der Waals surface area (Å²) in [6.07, 6.45) is 0. The molecule has 0 aliphatic heterocycles. The van der Waals surface area contributed by atoms with Crippen molar-refractivity contribution in [1.29, 1.82) is 0 Å². The monoisotopic (exact) mass is 207 g/mol. The number of hydrogen-bond donors (Lipinski definition) is 2. The van der Waals surface area contributed by atoms with E-state index in [-0.39, 0.29) is 5.75 Å². The number of nitrogens with zero attached hydrogens (tertiary/aromatic N) is 1. The molecule has 0 fully saturated rings. The summed E-state index contributed by atoms with van der Waals surface area (Å²) >= 11 is 1.25. The van der Waals surface area contributed by atoms with Gasteiger partial charge in [0, 0.05) is 4.88 Å². The molecule has 0 atom stereocenters. The number of thiazole rings is 1. The fraction of sp³-hybridized carbons (Fsp3) is 0.400. The number of sulfonamides is 1. The Labute approximate surface area is 74.5 Å². The number of aromatic nitrogens is 1. The van der Waals surface area contributed by atoms with Gasteiger partial charge in [-0.3, -0.25) is 0 Å². The Kier molecular flexibility index (Phi) is 2.36. The van der Waals surface area contributed by atoms with E-state index in [0.29, 0.717) is 10.8 Å². The van der Waals surface area contributed by atoms with Gasteiger partial charge in [-0.1, -0.05) is 0 Å². The van der Waals surface area contributed by atoms with Gasteiger partial charge in [0.1, 0.15) is 16.6 Å². The average Bonchev–Trinajstić information content (AvgIpc) is 2.07. The van der Waals surface area contributed by atoms with E-state index in [4.69, 9.17) is 10.9 Å². The summed E-state index contributed by atoms with van der Waals surface area (Å²) in [5.41, 5.74) is 5.42. The molecule has 0 unspecified atom stereocenters. The first kappa shape index (κ1) is 9.43. The van der Waals surface area contributed by atoms with Crippen molar-refractivity contribution in [2.45, 2.75) is 12.7 Å². The van der Waals surface area contributed by atoms with Crippen LogP contribution in [-0.2, 0) is 15.8 Å². The average molecular weight is 207 g/mol. The van der Waals surface area contributed by atoms with Gasteiger partial charge in [-0.25, -0.2) is 18.5 Å². The molecule has 0 saturated heterocycles. The normalized spacial score (nSPS) is 11.8. The Morgan fingerprint density at radius 1 is 1.58 bits per heavy atom. The zero-order valence-corrected chi connectivity index (χ0v) is 8.08. The minimum absolute atomic E-state index is 0.240. The third-order valence-electron chi connectivity index (χ3n) is 1.20. The van der Waals surface area contributed by atoms with Crippen molar-refractivity contribution in [3.8, 4) is 0 Å². The maximum absolute atomic E-state index is 10.6. The lowest BCUT2D eigenvalue weighted by Crippen LogP contribution is -2.14. The standard InChI is InChI=1S/C5H9N3O2S2/c1-3-5(6)8-4(11-3)2-12(7,9)10/h2,6H2,1H3,(H2,7,9,10). The van der Waals surface area contributed by atoms with Crippen LogP contribution in [-0.4, -0.2) is 13.4 Å². The number of aryl methyl sites for hydroxylation is 1.